The molecule has 0 aromatic heterocycles. The van der Waals surface area contributed by atoms with Gasteiger partial charge in [0.05, 0.1) is 18.3 Å². The molecule has 0 spiro atoms. The minimum atomic E-state index is -1.13. The van der Waals surface area contributed by atoms with Gasteiger partial charge in [-0.15, -0.1) is 0 Å². The van der Waals surface area contributed by atoms with E-state index in [-0.39, 0.29) is 12.7 Å². The molecular formula is C30H60O6. The van der Waals surface area contributed by atoms with Gasteiger partial charge >= 0.3 is 0 Å². The van der Waals surface area contributed by atoms with Gasteiger partial charge in [0.25, 0.3) is 0 Å². The van der Waals surface area contributed by atoms with E-state index in [1.807, 2.05) is 6.92 Å². The SMILES string of the molecule is CCCCCCCCCCCCOC(CC)(CCC)C1O[C@H](CO)[C@@H](OC(CC)CCC)[C@H](O)[C@H]1O. The molecule has 1 rings (SSSR count). The van der Waals surface area contributed by atoms with E-state index >= 15 is 0 Å². The molecule has 1 saturated heterocycles. The molecule has 1 aliphatic rings. The first-order valence-electron chi connectivity index (χ1n) is 15.4. The molecule has 0 aliphatic carbocycles. The van der Waals surface area contributed by atoms with Crippen molar-refractivity contribution >= 4 is 0 Å². The standard InChI is InChI=1S/C30H60O6/c1-6-11-12-13-14-15-16-17-18-19-22-34-30(10-5,21-8-3)29-27(33)26(32)28(25(23-31)36-29)35-24(9-4)20-7-2/h24-29,31-33H,6-23H2,1-5H3/t24?,25-,26-,27-,28-,29?,30?/m1/s1. The average Bonchev–Trinajstić information content (AvgIpc) is 2.89. The highest BCUT2D eigenvalue weighted by molar-refractivity contribution is 5.02. The zero-order valence-corrected chi connectivity index (χ0v) is 24.3. The van der Waals surface area contributed by atoms with Gasteiger partial charge in [0.2, 0.25) is 0 Å². The number of hydrogen-bond acceptors (Lipinski definition) is 6. The predicted molar refractivity (Wildman–Crippen MR) is 147 cm³/mol. The van der Waals surface area contributed by atoms with Gasteiger partial charge in [0, 0.05) is 6.61 Å². The van der Waals surface area contributed by atoms with E-state index in [4.69, 9.17) is 14.2 Å². The van der Waals surface area contributed by atoms with Crippen molar-refractivity contribution in [2.45, 2.75) is 180 Å². The van der Waals surface area contributed by atoms with Crippen LogP contribution in [-0.4, -0.2) is 70.8 Å². The Hall–Kier alpha value is -0.240. The van der Waals surface area contributed by atoms with Crippen molar-refractivity contribution in [1.82, 2.24) is 0 Å². The Bertz CT molecular complexity index is 516. The summed E-state index contributed by atoms with van der Waals surface area (Å²) < 4.78 is 19.0. The maximum Gasteiger partial charge on any atom is 0.115 e. The molecule has 0 radical (unpaired) electrons. The van der Waals surface area contributed by atoms with Crippen LogP contribution < -0.4 is 0 Å². The first-order chi connectivity index (χ1) is 17.4. The van der Waals surface area contributed by atoms with Crippen molar-refractivity contribution < 1.29 is 29.5 Å². The number of aliphatic hydroxyl groups is 3. The minimum Gasteiger partial charge on any atom is -0.394 e. The molecule has 1 fully saturated rings. The summed E-state index contributed by atoms with van der Waals surface area (Å²) >= 11 is 0. The van der Waals surface area contributed by atoms with E-state index < -0.39 is 36.1 Å². The predicted octanol–water partition coefficient (Wildman–Crippen LogP) is 6.32. The Morgan fingerprint density at radius 1 is 0.778 bits per heavy atom. The summed E-state index contributed by atoms with van der Waals surface area (Å²) in [4.78, 5) is 0. The fourth-order valence-corrected chi connectivity index (χ4v) is 5.67. The Labute approximate surface area is 222 Å². The Kier molecular flexibility index (Phi) is 18.6. The summed E-state index contributed by atoms with van der Waals surface area (Å²) in [6.45, 7) is 10.9. The van der Waals surface area contributed by atoms with Gasteiger partial charge in [-0.1, -0.05) is 105 Å². The van der Waals surface area contributed by atoms with Crippen LogP contribution in [-0.2, 0) is 14.2 Å². The molecule has 6 nitrogen and oxygen atoms in total. The van der Waals surface area contributed by atoms with Crippen molar-refractivity contribution in [3.8, 4) is 0 Å². The lowest BCUT2D eigenvalue weighted by Crippen LogP contribution is -2.66. The van der Waals surface area contributed by atoms with Gasteiger partial charge in [-0.05, 0) is 32.1 Å². The van der Waals surface area contributed by atoms with Crippen LogP contribution in [0.15, 0.2) is 0 Å². The molecule has 3 N–H and O–H groups in total. The van der Waals surface area contributed by atoms with Gasteiger partial charge in [0.15, 0.2) is 0 Å². The first-order valence-corrected chi connectivity index (χ1v) is 15.4. The average molecular weight is 517 g/mol. The van der Waals surface area contributed by atoms with Crippen LogP contribution in [0, 0.1) is 0 Å². The summed E-state index contributed by atoms with van der Waals surface area (Å²) in [5, 5.41) is 32.4. The third kappa shape index (κ3) is 10.9. The number of ether oxygens (including phenoxy) is 3. The second-order valence-electron chi connectivity index (χ2n) is 10.9. The van der Waals surface area contributed by atoms with Crippen LogP contribution in [0.2, 0.25) is 0 Å². The summed E-state index contributed by atoms with van der Waals surface area (Å²) in [6.07, 6.45) is 13.2. The van der Waals surface area contributed by atoms with E-state index in [0.29, 0.717) is 13.0 Å². The first kappa shape index (κ1) is 33.8. The van der Waals surface area contributed by atoms with Crippen LogP contribution in [0.4, 0.5) is 0 Å². The number of unbranched alkanes of at least 4 members (excludes halogenated alkanes) is 9. The lowest BCUT2D eigenvalue weighted by molar-refractivity contribution is -0.293. The lowest BCUT2D eigenvalue weighted by Gasteiger charge is -2.50. The third-order valence-corrected chi connectivity index (χ3v) is 7.96. The monoisotopic (exact) mass is 516 g/mol. The molecule has 36 heavy (non-hydrogen) atoms. The summed E-state index contributed by atoms with van der Waals surface area (Å²) in [7, 11) is 0. The number of hydrogen-bond donors (Lipinski definition) is 3. The van der Waals surface area contributed by atoms with Crippen LogP contribution in [0.3, 0.4) is 0 Å². The summed E-state index contributed by atoms with van der Waals surface area (Å²) in [5.74, 6) is 0. The Morgan fingerprint density at radius 2 is 1.39 bits per heavy atom. The van der Waals surface area contributed by atoms with E-state index in [0.717, 1.165) is 44.9 Å². The third-order valence-electron chi connectivity index (χ3n) is 7.96. The molecule has 0 bridgehead atoms. The maximum atomic E-state index is 11.2. The van der Waals surface area contributed by atoms with Crippen molar-refractivity contribution in [3.05, 3.63) is 0 Å². The molecule has 0 amide bonds. The number of rotatable bonds is 22. The zero-order chi connectivity index (χ0) is 26.8. The molecule has 0 saturated carbocycles. The lowest BCUT2D eigenvalue weighted by atomic mass is 9.80. The van der Waals surface area contributed by atoms with E-state index in [9.17, 15) is 15.3 Å². The molecular weight excluding hydrogens is 456 g/mol. The molecule has 0 aromatic rings. The minimum absolute atomic E-state index is 0.0322. The van der Waals surface area contributed by atoms with E-state index in [2.05, 4.69) is 27.7 Å². The molecule has 1 aliphatic heterocycles. The van der Waals surface area contributed by atoms with E-state index in [1.165, 1.54) is 51.4 Å². The van der Waals surface area contributed by atoms with Crippen molar-refractivity contribution in [2.24, 2.45) is 0 Å². The topological polar surface area (TPSA) is 88.4 Å². The number of aliphatic hydroxyl groups excluding tert-OH is 3. The molecule has 216 valence electrons. The van der Waals surface area contributed by atoms with Crippen LogP contribution in [0.1, 0.15) is 137 Å². The summed E-state index contributed by atoms with van der Waals surface area (Å²) in [5.41, 5.74) is -0.694. The zero-order valence-electron chi connectivity index (χ0n) is 24.3. The maximum absolute atomic E-state index is 11.2. The van der Waals surface area contributed by atoms with Crippen molar-refractivity contribution in [1.29, 1.82) is 0 Å². The second-order valence-corrected chi connectivity index (χ2v) is 10.9. The highest BCUT2D eigenvalue weighted by Crippen LogP contribution is 2.37. The van der Waals surface area contributed by atoms with Crippen molar-refractivity contribution in [2.75, 3.05) is 13.2 Å². The van der Waals surface area contributed by atoms with Crippen LogP contribution in [0.5, 0.6) is 0 Å². The van der Waals surface area contributed by atoms with Gasteiger partial charge < -0.3 is 29.5 Å². The second kappa shape index (κ2) is 19.8. The van der Waals surface area contributed by atoms with Gasteiger partial charge in [0.1, 0.15) is 30.5 Å². The highest BCUT2D eigenvalue weighted by atomic mass is 16.6. The fourth-order valence-electron chi connectivity index (χ4n) is 5.67. The Balaban J connectivity index is 2.68. The van der Waals surface area contributed by atoms with Gasteiger partial charge in [-0.2, -0.15) is 0 Å². The summed E-state index contributed by atoms with van der Waals surface area (Å²) in [6, 6.07) is 0. The van der Waals surface area contributed by atoms with Gasteiger partial charge in [-0.25, -0.2) is 0 Å². The van der Waals surface area contributed by atoms with Gasteiger partial charge in [-0.3, -0.25) is 0 Å². The molecule has 7 atom stereocenters. The van der Waals surface area contributed by atoms with Crippen LogP contribution in [0.25, 0.3) is 0 Å². The molecule has 3 unspecified atom stereocenters. The van der Waals surface area contributed by atoms with E-state index in [1.54, 1.807) is 0 Å². The highest BCUT2D eigenvalue weighted by Gasteiger charge is 2.53. The Morgan fingerprint density at radius 3 is 1.89 bits per heavy atom. The largest absolute Gasteiger partial charge is 0.394 e. The molecule has 0 aromatic carbocycles. The van der Waals surface area contributed by atoms with Crippen molar-refractivity contribution in [3.63, 3.8) is 0 Å². The normalized spacial score (nSPS) is 27.2. The fraction of sp³-hybridized carbons (Fsp3) is 1.00. The van der Waals surface area contributed by atoms with Crippen LogP contribution >= 0.6 is 0 Å². The molecule has 6 heteroatoms. The smallest absolute Gasteiger partial charge is 0.115 e. The quantitative estimate of drug-likeness (QED) is 0.146. The molecule has 1 heterocycles.